The number of aromatic amines is 1. The zero-order valence-corrected chi connectivity index (χ0v) is 8.20. The number of H-pyrrole nitrogens is 1. The molecule has 0 amide bonds. The van der Waals surface area contributed by atoms with Crippen LogP contribution in [0.25, 0.3) is 22.2 Å². The zero-order chi connectivity index (χ0) is 11.1. The molecule has 0 radical (unpaired) electrons. The summed E-state index contributed by atoms with van der Waals surface area (Å²) in [6, 6.07) is 6.15. The molecule has 0 aliphatic rings. The van der Waals surface area contributed by atoms with Crippen molar-refractivity contribution in [3.05, 3.63) is 36.3 Å². The summed E-state index contributed by atoms with van der Waals surface area (Å²) in [5, 5.41) is 7.24. The summed E-state index contributed by atoms with van der Waals surface area (Å²) < 4.78 is 18.7. The van der Waals surface area contributed by atoms with E-state index < -0.39 is 0 Å². The van der Waals surface area contributed by atoms with Gasteiger partial charge in [-0.25, -0.2) is 4.39 Å². The molecule has 0 unspecified atom stereocenters. The minimum absolute atomic E-state index is 0.322. The van der Waals surface area contributed by atoms with Gasteiger partial charge < -0.3 is 10.2 Å². The molecule has 3 aromatic rings. The smallest absolute Gasteiger partial charge is 0.145 e. The summed E-state index contributed by atoms with van der Waals surface area (Å²) in [7, 11) is 0. The first kappa shape index (κ1) is 8.96. The maximum Gasteiger partial charge on any atom is 0.145 e. The average molecular weight is 217 g/mol. The Balaban J connectivity index is 2.33. The first-order valence-electron chi connectivity index (χ1n) is 4.72. The van der Waals surface area contributed by atoms with Crippen molar-refractivity contribution in [3.8, 4) is 11.3 Å². The number of hydrogen-bond acceptors (Lipinski definition) is 3. The van der Waals surface area contributed by atoms with Crippen LogP contribution in [0.4, 0.5) is 10.2 Å². The molecular weight excluding hydrogens is 209 g/mol. The fourth-order valence-corrected chi connectivity index (χ4v) is 1.72. The van der Waals surface area contributed by atoms with Crippen LogP contribution < -0.4 is 5.73 Å². The van der Waals surface area contributed by atoms with Crippen molar-refractivity contribution >= 4 is 16.8 Å². The molecule has 0 aliphatic carbocycles. The van der Waals surface area contributed by atoms with Crippen LogP contribution >= 0.6 is 0 Å². The Morgan fingerprint density at radius 2 is 2.19 bits per heavy atom. The van der Waals surface area contributed by atoms with Crippen LogP contribution in [0, 0.1) is 5.82 Å². The fourth-order valence-electron chi connectivity index (χ4n) is 1.72. The van der Waals surface area contributed by atoms with Gasteiger partial charge in [0.1, 0.15) is 17.2 Å². The molecule has 2 heterocycles. The Morgan fingerprint density at radius 1 is 1.31 bits per heavy atom. The molecule has 1 aromatic carbocycles. The topological polar surface area (TPSA) is 67.8 Å². The lowest BCUT2D eigenvalue weighted by atomic mass is 10.1. The second kappa shape index (κ2) is 3.10. The SMILES string of the molecule is Nc1cc(-c2cc(F)cc3ccoc23)[nH]n1. The standard InChI is InChI=1S/C11H8FN3O/c12-7-3-6-1-2-16-11(6)8(4-7)9-5-10(13)15-14-9/h1-5H,(H3,13,14,15). The molecule has 5 heteroatoms. The minimum Gasteiger partial charge on any atom is -0.464 e. The Bertz CT molecular complexity index is 656. The molecule has 3 N–H and O–H groups in total. The molecule has 0 saturated heterocycles. The molecule has 0 spiro atoms. The monoisotopic (exact) mass is 217 g/mol. The summed E-state index contributed by atoms with van der Waals surface area (Å²) in [4.78, 5) is 0. The number of nitrogens with zero attached hydrogens (tertiary/aromatic N) is 1. The van der Waals surface area contributed by atoms with Crippen LogP contribution in [0.15, 0.2) is 34.9 Å². The van der Waals surface area contributed by atoms with Gasteiger partial charge in [0.25, 0.3) is 0 Å². The van der Waals surface area contributed by atoms with Gasteiger partial charge >= 0.3 is 0 Å². The number of nitrogen functional groups attached to an aromatic ring is 1. The van der Waals surface area contributed by atoms with E-state index in [1.807, 2.05) is 0 Å². The second-order valence-electron chi connectivity index (χ2n) is 3.50. The highest BCUT2D eigenvalue weighted by Gasteiger charge is 2.11. The second-order valence-corrected chi connectivity index (χ2v) is 3.50. The van der Waals surface area contributed by atoms with Crippen LogP contribution in [0.3, 0.4) is 0 Å². The summed E-state index contributed by atoms with van der Waals surface area (Å²) in [6.45, 7) is 0. The predicted octanol–water partition coefficient (Wildman–Crippen LogP) is 2.54. The molecule has 4 nitrogen and oxygen atoms in total. The Labute approximate surface area is 89.9 Å². The Morgan fingerprint density at radius 3 is 2.94 bits per heavy atom. The molecule has 3 rings (SSSR count). The van der Waals surface area contributed by atoms with Gasteiger partial charge in [0.15, 0.2) is 0 Å². The molecule has 0 saturated carbocycles. The maximum atomic E-state index is 13.4. The number of nitrogens with two attached hydrogens (primary N) is 1. The number of furan rings is 1. The Hall–Kier alpha value is -2.30. The molecule has 0 atom stereocenters. The van der Waals surface area contributed by atoms with Gasteiger partial charge in [0.2, 0.25) is 0 Å². The minimum atomic E-state index is -0.322. The average Bonchev–Trinajstić information content (AvgIpc) is 2.84. The van der Waals surface area contributed by atoms with Crippen LogP contribution in [0.2, 0.25) is 0 Å². The number of benzene rings is 1. The van der Waals surface area contributed by atoms with Crippen molar-refractivity contribution < 1.29 is 8.81 Å². The number of rotatable bonds is 1. The molecular formula is C11H8FN3O. The summed E-state index contributed by atoms with van der Waals surface area (Å²) in [5.41, 5.74) is 7.37. The van der Waals surface area contributed by atoms with E-state index in [-0.39, 0.29) is 5.82 Å². The lowest BCUT2D eigenvalue weighted by Gasteiger charge is -1.99. The molecule has 0 aliphatic heterocycles. The summed E-state index contributed by atoms with van der Waals surface area (Å²) in [6.07, 6.45) is 1.52. The quantitative estimate of drug-likeness (QED) is 0.658. The number of nitrogens with one attached hydrogen (secondary N) is 1. The van der Waals surface area contributed by atoms with Crippen molar-refractivity contribution in [1.29, 1.82) is 0 Å². The van der Waals surface area contributed by atoms with E-state index in [4.69, 9.17) is 10.2 Å². The number of hydrogen-bond donors (Lipinski definition) is 2. The van der Waals surface area contributed by atoms with Gasteiger partial charge in [0, 0.05) is 17.0 Å². The number of aromatic nitrogens is 2. The van der Waals surface area contributed by atoms with Crippen molar-refractivity contribution in [3.63, 3.8) is 0 Å². The fraction of sp³-hybridized carbons (Fsp3) is 0. The molecule has 16 heavy (non-hydrogen) atoms. The highest BCUT2D eigenvalue weighted by molar-refractivity contribution is 5.91. The Kier molecular flexibility index (Phi) is 1.73. The third-order valence-corrected chi connectivity index (χ3v) is 2.40. The summed E-state index contributed by atoms with van der Waals surface area (Å²) in [5.74, 6) is 0.0380. The van der Waals surface area contributed by atoms with E-state index in [0.717, 1.165) is 0 Å². The van der Waals surface area contributed by atoms with Crippen molar-refractivity contribution in [2.75, 3.05) is 5.73 Å². The third kappa shape index (κ3) is 1.25. The van der Waals surface area contributed by atoms with Gasteiger partial charge in [-0.3, -0.25) is 5.10 Å². The highest BCUT2D eigenvalue weighted by atomic mass is 19.1. The number of halogens is 1. The van der Waals surface area contributed by atoms with E-state index in [2.05, 4.69) is 10.2 Å². The van der Waals surface area contributed by atoms with Gasteiger partial charge in [-0.05, 0) is 18.2 Å². The normalized spacial score (nSPS) is 11.1. The summed E-state index contributed by atoms with van der Waals surface area (Å²) >= 11 is 0. The molecule has 2 aromatic heterocycles. The van der Waals surface area contributed by atoms with Crippen LogP contribution in [0.1, 0.15) is 0 Å². The zero-order valence-electron chi connectivity index (χ0n) is 8.20. The first-order chi connectivity index (χ1) is 7.74. The number of anilines is 1. The molecule has 80 valence electrons. The van der Waals surface area contributed by atoms with Crippen LogP contribution in [-0.4, -0.2) is 10.2 Å². The van der Waals surface area contributed by atoms with E-state index in [1.54, 1.807) is 12.1 Å². The van der Waals surface area contributed by atoms with E-state index in [9.17, 15) is 4.39 Å². The lowest BCUT2D eigenvalue weighted by Crippen LogP contribution is -1.82. The van der Waals surface area contributed by atoms with Crippen LogP contribution in [0.5, 0.6) is 0 Å². The van der Waals surface area contributed by atoms with E-state index in [0.29, 0.717) is 28.0 Å². The van der Waals surface area contributed by atoms with Crippen molar-refractivity contribution in [1.82, 2.24) is 10.2 Å². The number of fused-ring (bicyclic) bond motifs is 1. The highest BCUT2D eigenvalue weighted by Crippen LogP contribution is 2.29. The van der Waals surface area contributed by atoms with Crippen LogP contribution in [-0.2, 0) is 0 Å². The molecule has 0 bridgehead atoms. The van der Waals surface area contributed by atoms with Crippen molar-refractivity contribution in [2.45, 2.75) is 0 Å². The first-order valence-corrected chi connectivity index (χ1v) is 4.72. The largest absolute Gasteiger partial charge is 0.464 e. The van der Waals surface area contributed by atoms with Crippen molar-refractivity contribution in [2.24, 2.45) is 0 Å². The molecule has 0 fully saturated rings. The van der Waals surface area contributed by atoms with Gasteiger partial charge in [-0.15, -0.1) is 0 Å². The van der Waals surface area contributed by atoms with E-state index in [1.165, 1.54) is 18.4 Å². The van der Waals surface area contributed by atoms with Gasteiger partial charge in [-0.2, -0.15) is 5.10 Å². The van der Waals surface area contributed by atoms with E-state index >= 15 is 0 Å². The van der Waals surface area contributed by atoms with Gasteiger partial charge in [-0.1, -0.05) is 0 Å². The third-order valence-electron chi connectivity index (χ3n) is 2.40. The maximum absolute atomic E-state index is 13.4. The van der Waals surface area contributed by atoms with Gasteiger partial charge in [0.05, 0.1) is 12.0 Å². The predicted molar refractivity (Wildman–Crippen MR) is 58.2 cm³/mol. The lowest BCUT2D eigenvalue weighted by molar-refractivity contribution is 0.610.